The number of nitrogens with one attached hydrogen (secondary N) is 1. The number of furan rings is 1. The maximum atomic E-state index is 12.9. The van der Waals surface area contributed by atoms with Crippen LogP contribution in [0.3, 0.4) is 0 Å². The van der Waals surface area contributed by atoms with Gasteiger partial charge in [0.15, 0.2) is 0 Å². The van der Waals surface area contributed by atoms with Crippen molar-refractivity contribution in [2.24, 2.45) is 0 Å². The molecule has 2 nitrogen and oxygen atoms in total. The molecular formula is C14H14FNO. The number of halogens is 1. The van der Waals surface area contributed by atoms with Crippen molar-refractivity contribution in [1.82, 2.24) is 5.32 Å². The second-order valence-electron chi connectivity index (χ2n) is 4.70. The molecule has 1 aliphatic rings. The fraction of sp³-hybridized carbons (Fsp3) is 0.286. The maximum absolute atomic E-state index is 12.9. The van der Waals surface area contributed by atoms with Crippen LogP contribution in [-0.2, 0) is 11.8 Å². The monoisotopic (exact) mass is 231 g/mol. The summed E-state index contributed by atoms with van der Waals surface area (Å²) in [5.41, 5.74) is 2.48. The third-order valence-electron chi connectivity index (χ3n) is 3.51. The van der Waals surface area contributed by atoms with E-state index < -0.39 is 0 Å². The Hall–Kier alpha value is -1.61. The van der Waals surface area contributed by atoms with Crippen LogP contribution in [0.2, 0.25) is 0 Å². The van der Waals surface area contributed by atoms with Gasteiger partial charge in [-0.2, -0.15) is 0 Å². The second kappa shape index (κ2) is 4.00. The van der Waals surface area contributed by atoms with Gasteiger partial charge in [-0.25, -0.2) is 4.39 Å². The summed E-state index contributed by atoms with van der Waals surface area (Å²) in [6.07, 6.45) is 4.41. The van der Waals surface area contributed by atoms with Crippen LogP contribution in [0.1, 0.15) is 11.1 Å². The van der Waals surface area contributed by atoms with Gasteiger partial charge < -0.3 is 9.73 Å². The molecule has 2 heterocycles. The van der Waals surface area contributed by atoms with E-state index in [1.54, 1.807) is 12.5 Å². The van der Waals surface area contributed by atoms with E-state index in [2.05, 4.69) is 5.32 Å². The van der Waals surface area contributed by atoms with E-state index in [1.165, 1.54) is 23.3 Å². The lowest BCUT2D eigenvalue weighted by molar-refractivity contribution is 0.274. The van der Waals surface area contributed by atoms with Crippen LogP contribution >= 0.6 is 0 Å². The van der Waals surface area contributed by atoms with Crippen LogP contribution in [0.15, 0.2) is 47.3 Å². The first-order chi connectivity index (χ1) is 8.28. The van der Waals surface area contributed by atoms with E-state index in [0.29, 0.717) is 0 Å². The lowest BCUT2D eigenvalue weighted by Crippen LogP contribution is -2.58. The number of benzene rings is 1. The van der Waals surface area contributed by atoms with Crippen molar-refractivity contribution in [2.75, 3.05) is 13.1 Å². The van der Waals surface area contributed by atoms with E-state index >= 15 is 0 Å². The molecule has 2 aromatic rings. The standard InChI is InChI=1S/C14H14FNO/c15-13-3-1-12(2-4-13)14(9-16-10-14)7-11-5-6-17-8-11/h1-6,8,16H,7,9-10H2. The van der Waals surface area contributed by atoms with Gasteiger partial charge in [0.2, 0.25) is 0 Å². The van der Waals surface area contributed by atoms with Crippen LogP contribution in [0.5, 0.6) is 0 Å². The van der Waals surface area contributed by atoms with E-state index in [4.69, 9.17) is 4.42 Å². The highest BCUT2D eigenvalue weighted by Gasteiger charge is 2.38. The molecule has 17 heavy (non-hydrogen) atoms. The molecule has 3 heteroatoms. The molecular weight excluding hydrogens is 217 g/mol. The smallest absolute Gasteiger partial charge is 0.123 e. The van der Waals surface area contributed by atoms with Crippen LogP contribution < -0.4 is 5.32 Å². The average molecular weight is 231 g/mol. The van der Waals surface area contributed by atoms with Gasteiger partial charge in [-0.15, -0.1) is 0 Å². The summed E-state index contributed by atoms with van der Waals surface area (Å²) in [6.45, 7) is 1.87. The minimum absolute atomic E-state index is 0.0948. The van der Waals surface area contributed by atoms with Crippen LogP contribution in [-0.4, -0.2) is 13.1 Å². The molecule has 0 aliphatic carbocycles. The van der Waals surface area contributed by atoms with E-state index in [9.17, 15) is 4.39 Å². The Morgan fingerprint density at radius 2 is 1.94 bits per heavy atom. The molecule has 1 aromatic carbocycles. The molecule has 0 unspecified atom stereocenters. The maximum Gasteiger partial charge on any atom is 0.123 e. The zero-order chi connectivity index (χ0) is 11.7. The predicted octanol–water partition coefficient (Wildman–Crippen LogP) is 2.50. The zero-order valence-electron chi connectivity index (χ0n) is 9.45. The van der Waals surface area contributed by atoms with Gasteiger partial charge in [-0.3, -0.25) is 0 Å². The molecule has 0 bridgehead atoms. The summed E-state index contributed by atoms with van der Waals surface area (Å²) in [4.78, 5) is 0. The fourth-order valence-corrected chi connectivity index (χ4v) is 2.45. The summed E-state index contributed by atoms with van der Waals surface area (Å²) in [7, 11) is 0. The molecule has 0 radical (unpaired) electrons. The van der Waals surface area contributed by atoms with Gasteiger partial charge in [0.05, 0.1) is 12.5 Å². The van der Waals surface area contributed by atoms with E-state index in [0.717, 1.165) is 19.5 Å². The third-order valence-corrected chi connectivity index (χ3v) is 3.51. The molecule has 1 N–H and O–H groups in total. The first-order valence-corrected chi connectivity index (χ1v) is 5.76. The molecule has 0 saturated carbocycles. The average Bonchev–Trinajstić information content (AvgIpc) is 2.77. The lowest BCUT2D eigenvalue weighted by Gasteiger charge is -2.43. The van der Waals surface area contributed by atoms with Crippen molar-refractivity contribution >= 4 is 0 Å². The van der Waals surface area contributed by atoms with Gasteiger partial charge in [-0.1, -0.05) is 12.1 Å². The van der Waals surface area contributed by atoms with Gasteiger partial charge in [0.25, 0.3) is 0 Å². The summed E-state index contributed by atoms with van der Waals surface area (Å²) in [6, 6.07) is 8.83. The molecule has 1 aromatic heterocycles. The Morgan fingerprint density at radius 3 is 2.47 bits per heavy atom. The molecule has 88 valence electrons. The molecule has 0 atom stereocenters. The highest BCUT2D eigenvalue weighted by Crippen LogP contribution is 2.32. The molecule has 1 aliphatic heterocycles. The summed E-state index contributed by atoms with van der Waals surface area (Å²) < 4.78 is 18.0. The number of rotatable bonds is 3. The van der Waals surface area contributed by atoms with Crippen LogP contribution in [0.4, 0.5) is 4.39 Å². The number of hydrogen-bond acceptors (Lipinski definition) is 2. The third kappa shape index (κ3) is 1.87. The van der Waals surface area contributed by atoms with Gasteiger partial charge >= 0.3 is 0 Å². The van der Waals surface area contributed by atoms with Crippen molar-refractivity contribution in [3.63, 3.8) is 0 Å². The fourth-order valence-electron chi connectivity index (χ4n) is 2.45. The van der Waals surface area contributed by atoms with Gasteiger partial charge in [0.1, 0.15) is 5.82 Å². The minimum Gasteiger partial charge on any atom is -0.472 e. The Balaban J connectivity index is 1.89. The highest BCUT2D eigenvalue weighted by molar-refractivity contribution is 5.32. The largest absolute Gasteiger partial charge is 0.472 e. The number of hydrogen-bond donors (Lipinski definition) is 1. The zero-order valence-corrected chi connectivity index (χ0v) is 9.45. The predicted molar refractivity (Wildman–Crippen MR) is 63.4 cm³/mol. The summed E-state index contributed by atoms with van der Waals surface area (Å²) in [5, 5.41) is 3.30. The van der Waals surface area contributed by atoms with E-state index in [1.807, 2.05) is 18.2 Å². The molecule has 0 amide bonds. The topological polar surface area (TPSA) is 25.2 Å². The summed E-state index contributed by atoms with van der Waals surface area (Å²) in [5.74, 6) is -0.181. The first kappa shape index (κ1) is 10.5. The van der Waals surface area contributed by atoms with Crippen LogP contribution in [0.25, 0.3) is 0 Å². The Bertz CT molecular complexity index is 485. The molecule has 1 saturated heterocycles. The van der Waals surface area contributed by atoms with Crippen molar-refractivity contribution in [3.05, 3.63) is 59.8 Å². The van der Waals surface area contributed by atoms with Crippen LogP contribution in [0, 0.1) is 5.82 Å². The van der Waals surface area contributed by atoms with Crippen molar-refractivity contribution in [3.8, 4) is 0 Å². The summed E-state index contributed by atoms with van der Waals surface area (Å²) >= 11 is 0. The molecule has 1 fully saturated rings. The Morgan fingerprint density at radius 1 is 1.18 bits per heavy atom. The van der Waals surface area contributed by atoms with Crippen molar-refractivity contribution in [1.29, 1.82) is 0 Å². The SMILES string of the molecule is Fc1ccc(C2(Cc3ccoc3)CNC2)cc1. The molecule has 0 spiro atoms. The Labute approximate surface area is 99.5 Å². The minimum atomic E-state index is -0.181. The van der Waals surface area contributed by atoms with Gasteiger partial charge in [0, 0.05) is 18.5 Å². The molecule has 3 rings (SSSR count). The normalized spacial score (nSPS) is 17.7. The van der Waals surface area contributed by atoms with Crippen molar-refractivity contribution < 1.29 is 8.81 Å². The quantitative estimate of drug-likeness (QED) is 0.878. The first-order valence-electron chi connectivity index (χ1n) is 5.76. The van der Waals surface area contributed by atoms with Gasteiger partial charge in [-0.05, 0) is 35.7 Å². The second-order valence-corrected chi connectivity index (χ2v) is 4.70. The highest BCUT2D eigenvalue weighted by atomic mass is 19.1. The Kier molecular flexibility index (Phi) is 2.48. The van der Waals surface area contributed by atoms with Crippen molar-refractivity contribution in [2.45, 2.75) is 11.8 Å². The van der Waals surface area contributed by atoms with E-state index in [-0.39, 0.29) is 11.2 Å². The lowest BCUT2D eigenvalue weighted by atomic mass is 9.71.